The summed E-state index contributed by atoms with van der Waals surface area (Å²) in [6.07, 6.45) is 6.88. The molecule has 1 heteroatoms. The number of aromatic nitrogens is 1. The highest BCUT2D eigenvalue weighted by Gasteiger charge is 2.54. The summed E-state index contributed by atoms with van der Waals surface area (Å²) in [4.78, 5) is 5.56. The molecule has 304 valence electrons. The summed E-state index contributed by atoms with van der Waals surface area (Å²) in [5, 5.41) is 0. The summed E-state index contributed by atoms with van der Waals surface area (Å²) in [7, 11) is 0. The zero-order valence-corrected chi connectivity index (χ0v) is 36.2. The quantitative estimate of drug-likeness (QED) is 0.163. The molecule has 1 aromatic heterocycles. The number of hydrogen-bond acceptors (Lipinski definition) is 1. The van der Waals surface area contributed by atoms with Crippen LogP contribution >= 0.6 is 0 Å². The predicted octanol–water partition coefficient (Wildman–Crippen LogP) is 16.3. The molecule has 1 nitrogen and oxygen atoms in total. The Kier molecular flexibility index (Phi) is 8.95. The van der Waals surface area contributed by atoms with E-state index in [-0.39, 0.29) is 5.41 Å². The Morgan fingerprint density at radius 1 is 0.375 bits per heavy atom. The molecule has 1 spiro atoms. The van der Waals surface area contributed by atoms with Gasteiger partial charge in [-0.15, -0.1) is 0 Å². The SMILES string of the molecule is CC1(C)C2=C(CCC=C2)C2(c3ccc(-c4ccc(-c5ccccc5-c5ccccc5)cc4)cc3-c3c(-c4cc(-c5ccccc5)cc(-c5ccccc5)n4)cccc32)c2ccccc21. The van der Waals surface area contributed by atoms with Gasteiger partial charge < -0.3 is 0 Å². The zero-order valence-electron chi connectivity index (χ0n) is 36.2. The van der Waals surface area contributed by atoms with Gasteiger partial charge in [0.1, 0.15) is 0 Å². The van der Waals surface area contributed by atoms with Crippen LogP contribution in [0.3, 0.4) is 0 Å². The molecule has 9 aromatic rings. The first-order valence-corrected chi connectivity index (χ1v) is 22.7. The summed E-state index contributed by atoms with van der Waals surface area (Å²) in [6.45, 7) is 4.85. The van der Waals surface area contributed by atoms with Gasteiger partial charge in [-0.3, -0.25) is 0 Å². The average molecular weight is 818 g/mol. The molecule has 0 N–H and O–H groups in total. The first-order valence-electron chi connectivity index (χ1n) is 22.7. The van der Waals surface area contributed by atoms with Crippen LogP contribution in [-0.4, -0.2) is 4.98 Å². The van der Waals surface area contributed by atoms with E-state index in [1.165, 1.54) is 83.5 Å². The molecule has 3 aliphatic carbocycles. The van der Waals surface area contributed by atoms with E-state index in [1.54, 1.807) is 0 Å². The molecule has 0 aliphatic heterocycles. The Morgan fingerprint density at radius 2 is 0.906 bits per heavy atom. The summed E-state index contributed by atoms with van der Waals surface area (Å²) < 4.78 is 0. The van der Waals surface area contributed by atoms with Crippen molar-refractivity contribution in [2.24, 2.45) is 0 Å². The molecule has 64 heavy (non-hydrogen) atoms. The molecular weight excluding hydrogens is 771 g/mol. The predicted molar refractivity (Wildman–Crippen MR) is 267 cm³/mol. The van der Waals surface area contributed by atoms with Gasteiger partial charge in [0, 0.05) is 16.5 Å². The second-order valence-electron chi connectivity index (χ2n) is 18.1. The van der Waals surface area contributed by atoms with E-state index in [0.717, 1.165) is 40.9 Å². The third kappa shape index (κ3) is 5.88. The average Bonchev–Trinajstić information content (AvgIpc) is 3.67. The van der Waals surface area contributed by atoms with Crippen molar-refractivity contribution in [3.63, 3.8) is 0 Å². The fourth-order valence-corrected chi connectivity index (χ4v) is 11.4. The van der Waals surface area contributed by atoms with Crippen molar-refractivity contribution in [1.29, 1.82) is 0 Å². The highest BCUT2D eigenvalue weighted by atomic mass is 14.7. The largest absolute Gasteiger partial charge is 0.248 e. The minimum Gasteiger partial charge on any atom is -0.248 e. The van der Waals surface area contributed by atoms with Gasteiger partial charge in [0.25, 0.3) is 0 Å². The van der Waals surface area contributed by atoms with E-state index >= 15 is 0 Å². The van der Waals surface area contributed by atoms with Crippen LogP contribution in [0.25, 0.3) is 78.1 Å². The van der Waals surface area contributed by atoms with Crippen LogP contribution < -0.4 is 0 Å². The summed E-state index contributed by atoms with van der Waals surface area (Å²) in [5.74, 6) is 0. The lowest BCUT2D eigenvalue weighted by Crippen LogP contribution is -2.41. The van der Waals surface area contributed by atoms with E-state index in [2.05, 4.69) is 238 Å². The van der Waals surface area contributed by atoms with Crippen molar-refractivity contribution < 1.29 is 0 Å². The Morgan fingerprint density at radius 3 is 1.62 bits per heavy atom. The van der Waals surface area contributed by atoms with Crippen molar-refractivity contribution in [2.75, 3.05) is 0 Å². The lowest BCUT2D eigenvalue weighted by Gasteiger charge is -2.48. The van der Waals surface area contributed by atoms with Gasteiger partial charge >= 0.3 is 0 Å². The molecule has 12 rings (SSSR count). The maximum atomic E-state index is 5.56. The summed E-state index contributed by atoms with van der Waals surface area (Å²) in [5.41, 5.74) is 24.3. The number of benzene rings is 8. The van der Waals surface area contributed by atoms with Crippen molar-refractivity contribution in [2.45, 2.75) is 37.5 Å². The second kappa shape index (κ2) is 15.0. The lowest BCUT2D eigenvalue weighted by molar-refractivity contribution is 0.536. The van der Waals surface area contributed by atoms with Crippen LogP contribution in [-0.2, 0) is 10.8 Å². The Bertz CT molecular complexity index is 3260. The van der Waals surface area contributed by atoms with Crippen LogP contribution in [0.15, 0.2) is 236 Å². The maximum Gasteiger partial charge on any atom is 0.0722 e. The maximum absolute atomic E-state index is 5.56. The highest BCUT2D eigenvalue weighted by Crippen LogP contribution is 2.65. The van der Waals surface area contributed by atoms with Gasteiger partial charge in [-0.05, 0) is 120 Å². The Balaban J connectivity index is 1.10. The lowest BCUT2D eigenvalue weighted by atomic mass is 9.54. The van der Waals surface area contributed by atoms with E-state index in [1.807, 2.05) is 0 Å². The molecule has 0 amide bonds. The molecule has 1 heterocycles. The molecular formula is C63H47N. The molecule has 0 radical (unpaired) electrons. The number of pyridine rings is 1. The first kappa shape index (κ1) is 38.1. The van der Waals surface area contributed by atoms with E-state index < -0.39 is 5.41 Å². The van der Waals surface area contributed by atoms with Gasteiger partial charge in [-0.25, -0.2) is 4.98 Å². The van der Waals surface area contributed by atoms with E-state index in [0.29, 0.717) is 0 Å². The topological polar surface area (TPSA) is 12.9 Å². The first-order chi connectivity index (χ1) is 31.5. The highest BCUT2D eigenvalue weighted by molar-refractivity contribution is 5.98. The molecule has 1 atom stereocenters. The third-order valence-electron chi connectivity index (χ3n) is 14.3. The van der Waals surface area contributed by atoms with Gasteiger partial charge in [-0.1, -0.05) is 220 Å². The third-order valence-corrected chi connectivity index (χ3v) is 14.3. The van der Waals surface area contributed by atoms with Crippen molar-refractivity contribution in [3.8, 4) is 78.1 Å². The number of fused-ring (bicyclic) bond motifs is 8. The zero-order chi connectivity index (χ0) is 42.8. The van der Waals surface area contributed by atoms with Crippen LogP contribution in [0.4, 0.5) is 0 Å². The smallest absolute Gasteiger partial charge is 0.0722 e. The van der Waals surface area contributed by atoms with Crippen LogP contribution in [0.1, 0.15) is 48.9 Å². The number of rotatable bonds is 6. The van der Waals surface area contributed by atoms with Gasteiger partial charge in [0.15, 0.2) is 0 Å². The number of nitrogens with zero attached hydrogens (tertiary/aromatic N) is 1. The standard InChI is InChI=1S/C63H47N/c1-62(2)54-28-14-16-30-56(54)63(57-31-17-15-29-55(57)62)53-38-37-47(43-33-35-45(36-34-43)50-26-13-12-25-49(50)44-21-8-4-9-22-44)39-52(53)61-51(27-18-32-58(61)63)60-41-48(42-19-6-3-7-20-42)40-59(64-60)46-23-10-5-11-24-46/h3-16,18-30,32-41H,17,31H2,1-2H3. The van der Waals surface area contributed by atoms with E-state index in [4.69, 9.17) is 4.98 Å². The molecule has 3 aliphatic rings. The minimum atomic E-state index is -0.449. The number of hydrogen-bond donors (Lipinski definition) is 0. The van der Waals surface area contributed by atoms with Crippen molar-refractivity contribution in [1.82, 2.24) is 4.98 Å². The van der Waals surface area contributed by atoms with E-state index in [9.17, 15) is 0 Å². The molecule has 0 bridgehead atoms. The summed E-state index contributed by atoms with van der Waals surface area (Å²) >= 11 is 0. The fraction of sp³-hybridized carbons (Fsp3) is 0.0952. The normalized spacial score (nSPS) is 16.5. The molecule has 1 unspecified atom stereocenters. The van der Waals surface area contributed by atoms with Crippen molar-refractivity contribution >= 4 is 0 Å². The second-order valence-corrected chi connectivity index (χ2v) is 18.1. The molecule has 0 fully saturated rings. The van der Waals surface area contributed by atoms with Crippen molar-refractivity contribution in [3.05, 3.63) is 258 Å². The van der Waals surface area contributed by atoms with Gasteiger partial charge in [-0.2, -0.15) is 0 Å². The Hall–Kier alpha value is -7.61. The van der Waals surface area contributed by atoms with Crippen LogP contribution in [0.5, 0.6) is 0 Å². The van der Waals surface area contributed by atoms with Crippen LogP contribution in [0.2, 0.25) is 0 Å². The number of allylic oxidation sites excluding steroid dienone is 4. The molecule has 0 saturated heterocycles. The van der Waals surface area contributed by atoms with Gasteiger partial charge in [0.2, 0.25) is 0 Å². The minimum absolute atomic E-state index is 0.133. The van der Waals surface area contributed by atoms with Gasteiger partial charge in [0.05, 0.1) is 16.8 Å². The molecule has 8 aromatic carbocycles. The van der Waals surface area contributed by atoms with Crippen LogP contribution in [0, 0.1) is 0 Å². The monoisotopic (exact) mass is 817 g/mol. The molecule has 0 saturated carbocycles. The Labute approximate surface area is 376 Å². The fourth-order valence-electron chi connectivity index (χ4n) is 11.4. The summed E-state index contributed by atoms with van der Waals surface area (Å²) in [6, 6.07) is 78.2.